The molecule has 2 aliphatic rings. The van der Waals surface area contributed by atoms with Crippen LogP contribution in [0.5, 0.6) is 0 Å². The maximum atomic E-state index is 12.5. The Morgan fingerprint density at radius 1 is 1.41 bits per heavy atom. The molecule has 1 saturated heterocycles. The minimum Gasteiger partial charge on any atom is -0.342 e. The molecule has 2 aliphatic heterocycles. The molecule has 1 aromatic heterocycles. The van der Waals surface area contributed by atoms with E-state index < -0.39 is 15.3 Å². The summed E-state index contributed by atoms with van der Waals surface area (Å²) in [7, 11) is -3.33. The molecule has 3 heterocycles. The topological polar surface area (TPSA) is 75.5 Å². The van der Waals surface area contributed by atoms with Crippen molar-refractivity contribution in [2.75, 3.05) is 19.6 Å². The highest BCUT2D eigenvalue weighted by Gasteiger charge is 2.36. The summed E-state index contributed by atoms with van der Waals surface area (Å²) >= 11 is 0. The second kappa shape index (κ2) is 5.66. The normalized spacial score (nSPS) is 22.5. The number of sulfonamides is 1. The van der Waals surface area contributed by atoms with Gasteiger partial charge in [-0.25, -0.2) is 8.42 Å². The van der Waals surface area contributed by atoms with Crippen LogP contribution in [0.25, 0.3) is 0 Å². The van der Waals surface area contributed by atoms with Gasteiger partial charge in [0.05, 0.1) is 30.0 Å². The first-order valence-electron chi connectivity index (χ1n) is 7.68. The van der Waals surface area contributed by atoms with Crippen molar-refractivity contribution >= 4 is 15.9 Å². The van der Waals surface area contributed by atoms with Crippen molar-refractivity contribution in [2.45, 2.75) is 44.5 Å². The molecule has 3 rings (SSSR count). The molecular weight excluding hydrogens is 304 g/mol. The Balaban J connectivity index is 1.82. The molecule has 8 heteroatoms. The van der Waals surface area contributed by atoms with Crippen LogP contribution in [-0.2, 0) is 21.4 Å². The third-order valence-electron chi connectivity index (χ3n) is 4.43. The molecule has 1 aromatic rings. The monoisotopic (exact) mass is 326 g/mol. The quantitative estimate of drug-likeness (QED) is 0.812. The summed E-state index contributed by atoms with van der Waals surface area (Å²) in [5, 5.41) is 3.82. The molecule has 0 bridgehead atoms. The van der Waals surface area contributed by atoms with Gasteiger partial charge >= 0.3 is 0 Å². The van der Waals surface area contributed by atoms with E-state index in [9.17, 15) is 13.2 Å². The molecule has 0 unspecified atom stereocenters. The predicted octanol–water partition coefficient (Wildman–Crippen LogP) is 0.600. The van der Waals surface area contributed by atoms with E-state index in [1.165, 1.54) is 4.31 Å². The zero-order valence-electron chi connectivity index (χ0n) is 13.0. The third kappa shape index (κ3) is 2.65. The van der Waals surface area contributed by atoms with Crippen LogP contribution in [0.1, 0.15) is 38.4 Å². The first-order chi connectivity index (χ1) is 10.4. The van der Waals surface area contributed by atoms with Gasteiger partial charge in [-0.15, -0.1) is 0 Å². The van der Waals surface area contributed by atoms with Crippen LogP contribution in [0.3, 0.4) is 0 Å². The van der Waals surface area contributed by atoms with Gasteiger partial charge in [0.15, 0.2) is 0 Å². The highest BCUT2D eigenvalue weighted by Crippen LogP contribution is 2.27. The Kier molecular flexibility index (Phi) is 3.98. The molecule has 7 nitrogen and oxygen atoms in total. The number of rotatable bonds is 4. The number of nitrogens with zero attached hydrogens (tertiary/aromatic N) is 4. The lowest BCUT2D eigenvalue weighted by atomic mass is 10.1. The zero-order chi connectivity index (χ0) is 15.9. The van der Waals surface area contributed by atoms with E-state index in [2.05, 4.69) is 5.10 Å². The van der Waals surface area contributed by atoms with E-state index in [0.29, 0.717) is 19.5 Å². The highest BCUT2D eigenvalue weighted by atomic mass is 32.2. The Morgan fingerprint density at radius 2 is 2.14 bits per heavy atom. The van der Waals surface area contributed by atoms with E-state index in [-0.39, 0.29) is 11.9 Å². The van der Waals surface area contributed by atoms with Crippen LogP contribution in [0.4, 0.5) is 0 Å². The van der Waals surface area contributed by atoms with Crippen molar-refractivity contribution in [3.63, 3.8) is 0 Å². The van der Waals surface area contributed by atoms with Crippen LogP contribution in [0.2, 0.25) is 0 Å². The van der Waals surface area contributed by atoms with Crippen molar-refractivity contribution in [1.82, 2.24) is 19.0 Å². The second-order valence-corrected chi connectivity index (χ2v) is 8.73. The lowest BCUT2D eigenvalue weighted by Gasteiger charge is -2.36. The largest absolute Gasteiger partial charge is 0.342 e. The Labute approximate surface area is 130 Å². The van der Waals surface area contributed by atoms with E-state index >= 15 is 0 Å². The number of aromatic nitrogens is 2. The molecule has 0 aliphatic carbocycles. The highest BCUT2D eigenvalue weighted by molar-refractivity contribution is 7.89. The van der Waals surface area contributed by atoms with Crippen molar-refractivity contribution in [3.8, 4) is 0 Å². The number of hydrogen-bond acceptors (Lipinski definition) is 4. The summed E-state index contributed by atoms with van der Waals surface area (Å²) in [4.78, 5) is 14.1. The standard InChI is InChI=1S/C14H22N4O3S/c1-11(2)22(20,21)17-9-12-4-5-15-18(12)13(10-17)8-14(19)16-6-3-7-16/h4-5,11,13H,3,6-10H2,1-2H3/t13-/m1/s1. The molecule has 0 N–H and O–H groups in total. The fourth-order valence-corrected chi connectivity index (χ4v) is 4.18. The summed E-state index contributed by atoms with van der Waals surface area (Å²) in [6, 6.07) is 1.60. The minimum atomic E-state index is -3.33. The summed E-state index contributed by atoms with van der Waals surface area (Å²) < 4.78 is 28.2. The van der Waals surface area contributed by atoms with Crippen molar-refractivity contribution in [3.05, 3.63) is 18.0 Å². The predicted molar refractivity (Wildman–Crippen MR) is 81.5 cm³/mol. The molecule has 22 heavy (non-hydrogen) atoms. The van der Waals surface area contributed by atoms with Gasteiger partial charge in [0.1, 0.15) is 0 Å². The molecule has 122 valence electrons. The van der Waals surface area contributed by atoms with Crippen molar-refractivity contribution in [2.24, 2.45) is 0 Å². The molecule has 0 saturated carbocycles. The maximum absolute atomic E-state index is 12.5. The average Bonchev–Trinajstić information content (AvgIpc) is 2.84. The van der Waals surface area contributed by atoms with Gasteiger partial charge in [0.2, 0.25) is 15.9 Å². The SMILES string of the molecule is CC(C)S(=O)(=O)N1Cc2ccnn2[C@H](CC(=O)N2CCC2)C1. The molecule has 0 radical (unpaired) electrons. The van der Waals surface area contributed by atoms with E-state index in [4.69, 9.17) is 0 Å². The summed E-state index contributed by atoms with van der Waals surface area (Å²) in [6.07, 6.45) is 3.03. The zero-order valence-corrected chi connectivity index (χ0v) is 13.8. The van der Waals surface area contributed by atoms with E-state index in [0.717, 1.165) is 25.2 Å². The number of fused-ring (bicyclic) bond motifs is 1. The van der Waals surface area contributed by atoms with Gasteiger partial charge in [-0.3, -0.25) is 9.48 Å². The van der Waals surface area contributed by atoms with Crippen molar-refractivity contribution in [1.29, 1.82) is 0 Å². The van der Waals surface area contributed by atoms with Gasteiger partial charge < -0.3 is 4.90 Å². The molecule has 1 fully saturated rings. The van der Waals surface area contributed by atoms with Crippen LogP contribution < -0.4 is 0 Å². The summed E-state index contributed by atoms with van der Waals surface area (Å²) in [5.74, 6) is 0.0847. The fraction of sp³-hybridized carbons (Fsp3) is 0.714. The lowest BCUT2D eigenvalue weighted by molar-refractivity contribution is -0.135. The first-order valence-corrected chi connectivity index (χ1v) is 9.19. The summed E-state index contributed by atoms with van der Waals surface area (Å²) in [5.41, 5.74) is 0.844. The van der Waals surface area contributed by atoms with Gasteiger partial charge in [0.25, 0.3) is 0 Å². The molecule has 0 aromatic carbocycles. The van der Waals surface area contributed by atoms with Gasteiger partial charge in [-0.2, -0.15) is 9.40 Å². The second-order valence-electron chi connectivity index (χ2n) is 6.25. The Morgan fingerprint density at radius 3 is 2.73 bits per heavy atom. The van der Waals surface area contributed by atoms with Gasteiger partial charge in [0, 0.05) is 25.8 Å². The molecule has 1 atom stereocenters. The fourth-order valence-electron chi connectivity index (χ4n) is 2.89. The van der Waals surface area contributed by atoms with Gasteiger partial charge in [-0.05, 0) is 26.3 Å². The minimum absolute atomic E-state index is 0.0847. The number of hydrogen-bond donors (Lipinski definition) is 0. The number of amides is 1. The van der Waals surface area contributed by atoms with Gasteiger partial charge in [-0.1, -0.05) is 0 Å². The van der Waals surface area contributed by atoms with Crippen LogP contribution in [-0.4, -0.2) is 58.2 Å². The average molecular weight is 326 g/mol. The summed E-state index contributed by atoms with van der Waals surface area (Å²) in [6.45, 7) is 5.63. The molecular formula is C14H22N4O3S. The van der Waals surface area contributed by atoms with Crippen LogP contribution in [0.15, 0.2) is 12.3 Å². The van der Waals surface area contributed by atoms with Crippen molar-refractivity contribution < 1.29 is 13.2 Å². The third-order valence-corrected chi connectivity index (χ3v) is 6.61. The Bertz CT molecular complexity index is 663. The Hall–Kier alpha value is -1.41. The van der Waals surface area contributed by atoms with Crippen LogP contribution >= 0.6 is 0 Å². The van der Waals surface area contributed by atoms with E-state index in [1.54, 1.807) is 20.0 Å². The van der Waals surface area contributed by atoms with E-state index in [1.807, 2.05) is 15.6 Å². The first kappa shape index (κ1) is 15.5. The molecule has 0 spiro atoms. The smallest absolute Gasteiger partial charge is 0.224 e. The lowest BCUT2D eigenvalue weighted by Crippen LogP contribution is -2.47. The number of carbonyl (C=O) groups is 1. The van der Waals surface area contributed by atoms with Crippen LogP contribution in [0, 0.1) is 0 Å². The number of carbonyl (C=O) groups excluding carboxylic acids is 1. The number of likely N-dealkylation sites (tertiary alicyclic amines) is 1. The molecule has 1 amide bonds. The maximum Gasteiger partial charge on any atom is 0.224 e.